The van der Waals surface area contributed by atoms with Crippen LogP contribution in [0.25, 0.3) is 0 Å². The molecule has 2 aromatic rings. The first-order valence-corrected chi connectivity index (χ1v) is 8.45. The predicted octanol–water partition coefficient (Wildman–Crippen LogP) is 2.36. The highest BCUT2D eigenvalue weighted by Crippen LogP contribution is 2.13. The van der Waals surface area contributed by atoms with E-state index in [4.69, 9.17) is 4.74 Å². The van der Waals surface area contributed by atoms with Crippen molar-refractivity contribution < 1.29 is 23.5 Å². The smallest absolute Gasteiger partial charge is 0.326 e. The minimum absolute atomic E-state index is 0.348. The topological polar surface area (TPSA) is 84.5 Å². The molecule has 0 heterocycles. The Morgan fingerprint density at radius 3 is 2.26 bits per heavy atom. The lowest BCUT2D eigenvalue weighted by Gasteiger charge is -2.18. The molecule has 0 aliphatic rings. The molecule has 0 fully saturated rings. The third kappa shape index (κ3) is 6.22. The molecule has 0 aromatic heterocycles. The lowest BCUT2D eigenvalue weighted by Crippen LogP contribution is -2.39. The van der Waals surface area contributed by atoms with Gasteiger partial charge in [0.2, 0.25) is 0 Å². The van der Waals surface area contributed by atoms with Crippen molar-refractivity contribution in [3.8, 4) is 0 Å². The van der Waals surface area contributed by atoms with E-state index in [0.29, 0.717) is 5.56 Å². The molecule has 6 nitrogen and oxygen atoms in total. The molecule has 2 atom stereocenters. The molecule has 0 spiro atoms. The number of halogens is 1. The summed E-state index contributed by atoms with van der Waals surface area (Å²) < 4.78 is 18.0. The first-order valence-electron chi connectivity index (χ1n) is 8.45. The first kappa shape index (κ1) is 20.1. The average molecular weight is 372 g/mol. The largest absolute Gasteiger partial charge is 0.451 e. The fourth-order valence-electron chi connectivity index (χ4n) is 2.30. The van der Waals surface area contributed by atoms with Gasteiger partial charge in [-0.15, -0.1) is 0 Å². The minimum atomic E-state index is -1.03. The Balaban J connectivity index is 1.78. The fraction of sp³-hybridized carbons (Fsp3) is 0.250. The maximum atomic E-state index is 12.9. The molecule has 27 heavy (non-hydrogen) atoms. The highest BCUT2D eigenvalue weighted by atomic mass is 19.1. The van der Waals surface area contributed by atoms with Crippen LogP contribution in [-0.2, 0) is 14.3 Å². The zero-order chi connectivity index (χ0) is 19.8. The van der Waals surface area contributed by atoms with Gasteiger partial charge in [-0.2, -0.15) is 0 Å². The predicted molar refractivity (Wildman–Crippen MR) is 97.3 cm³/mol. The summed E-state index contributed by atoms with van der Waals surface area (Å²) in [5.41, 5.74) is 1.14. The highest BCUT2D eigenvalue weighted by molar-refractivity contribution is 5.96. The van der Waals surface area contributed by atoms with Gasteiger partial charge in [0, 0.05) is 5.56 Å². The molecule has 2 N–H and O–H groups in total. The van der Waals surface area contributed by atoms with Crippen LogP contribution >= 0.6 is 0 Å². The Bertz CT molecular complexity index is 793. The second-order valence-electron chi connectivity index (χ2n) is 5.96. The summed E-state index contributed by atoms with van der Waals surface area (Å²) in [7, 11) is 0. The van der Waals surface area contributed by atoms with Gasteiger partial charge in [-0.1, -0.05) is 30.3 Å². The van der Waals surface area contributed by atoms with Crippen LogP contribution < -0.4 is 10.6 Å². The Kier molecular flexibility index (Phi) is 7.05. The number of carbonyl (C=O) groups is 3. The van der Waals surface area contributed by atoms with E-state index in [9.17, 15) is 18.8 Å². The third-order valence-electron chi connectivity index (χ3n) is 3.84. The number of carbonyl (C=O) groups excluding carboxylic acids is 3. The SMILES string of the molecule is CC(OC(=O)CNC(=O)c1ccccc1)C(=O)NC(C)c1ccc(F)cc1. The standard InChI is InChI=1S/C20H21FN2O4/c1-13(15-8-10-17(21)11-9-15)23-19(25)14(2)27-18(24)12-22-20(26)16-6-4-3-5-7-16/h3-11,13-14H,12H2,1-2H3,(H,22,26)(H,23,25). The van der Waals surface area contributed by atoms with E-state index < -0.39 is 23.9 Å². The Morgan fingerprint density at radius 1 is 1.00 bits per heavy atom. The third-order valence-corrected chi connectivity index (χ3v) is 3.84. The van der Waals surface area contributed by atoms with E-state index >= 15 is 0 Å². The molecule has 2 rings (SSSR count). The lowest BCUT2D eigenvalue weighted by molar-refractivity contribution is -0.154. The molecule has 142 valence electrons. The van der Waals surface area contributed by atoms with Gasteiger partial charge < -0.3 is 15.4 Å². The van der Waals surface area contributed by atoms with E-state index in [0.717, 1.165) is 5.56 Å². The molecule has 2 unspecified atom stereocenters. The average Bonchev–Trinajstić information content (AvgIpc) is 2.67. The van der Waals surface area contributed by atoms with E-state index in [1.165, 1.54) is 19.1 Å². The highest BCUT2D eigenvalue weighted by Gasteiger charge is 2.20. The van der Waals surface area contributed by atoms with Gasteiger partial charge in [0.1, 0.15) is 12.4 Å². The first-order chi connectivity index (χ1) is 12.9. The quantitative estimate of drug-likeness (QED) is 0.731. The summed E-state index contributed by atoms with van der Waals surface area (Å²) >= 11 is 0. The molecular formula is C20H21FN2O4. The van der Waals surface area contributed by atoms with Crippen molar-refractivity contribution in [3.05, 3.63) is 71.5 Å². The maximum absolute atomic E-state index is 12.9. The van der Waals surface area contributed by atoms with Gasteiger partial charge in [0.25, 0.3) is 11.8 Å². The van der Waals surface area contributed by atoms with Crippen LogP contribution in [0, 0.1) is 5.82 Å². The van der Waals surface area contributed by atoms with Crippen molar-refractivity contribution in [2.24, 2.45) is 0 Å². The number of benzene rings is 2. The molecule has 2 aromatic carbocycles. The summed E-state index contributed by atoms with van der Waals surface area (Å²) in [6.45, 7) is 2.82. The number of ether oxygens (including phenoxy) is 1. The molecule has 0 aliphatic carbocycles. The van der Waals surface area contributed by atoms with Gasteiger partial charge in [-0.3, -0.25) is 14.4 Å². The van der Waals surface area contributed by atoms with Crippen molar-refractivity contribution in [2.45, 2.75) is 26.0 Å². The van der Waals surface area contributed by atoms with Gasteiger partial charge in [0.05, 0.1) is 6.04 Å². The van der Waals surface area contributed by atoms with Crippen molar-refractivity contribution >= 4 is 17.8 Å². The number of rotatable bonds is 7. The zero-order valence-electron chi connectivity index (χ0n) is 15.1. The van der Waals surface area contributed by atoms with E-state index in [2.05, 4.69) is 10.6 Å². The zero-order valence-corrected chi connectivity index (χ0v) is 15.1. The molecular weight excluding hydrogens is 351 g/mol. The maximum Gasteiger partial charge on any atom is 0.326 e. The van der Waals surface area contributed by atoms with Crippen molar-refractivity contribution in [1.29, 1.82) is 0 Å². The summed E-state index contributed by atoms with van der Waals surface area (Å²) in [6.07, 6.45) is -1.03. The van der Waals surface area contributed by atoms with Crippen LogP contribution in [0.2, 0.25) is 0 Å². The summed E-state index contributed by atoms with van der Waals surface area (Å²) in [4.78, 5) is 35.8. The molecule has 0 bridgehead atoms. The van der Waals surface area contributed by atoms with Crippen molar-refractivity contribution in [1.82, 2.24) is 10.6 Å². The molecule has 7 heteroatoms. The van der Waals surface area contributed by atoms with Crippen molar-refractivity contribution in [3.63, 3.8) is 0 Å². The minimum Gasteiger partial charge on any atom is -0.451 e. The van der Waals surface area contributed by atoms with Gasteiger partial charge in [-0.25, -0.2) is 4.39 Å². The molecule has 0 aliphatic heterocycles. The number of hydrogen-bond acceptors (Lipinski definition) is 4. The Labute approximate surface area is 156 Å². The fourth-order valence-corrected chi connectivity index (χ4v) is 2.30. The van der Waals surface area contributed by atoms with Gasteiger partial charge >= 0.3 is 5.97 Å². The Morgan fingerprint density at radius 2 is 1.63 bits per heavy atom. The number of amides is 2. The molecule has 0 saturated carbocycles. The van der Waals surface area contributed by atoms with E-state index in [1.54, 1.807) is 49.4 Å². The summed E-state index contributed by atoms with van der Waals surface area (Å²) in [5, 5.41) is 5.12. The Hall–Kier alpha value is -3.22. The summed E-state index contributed by atoms with van der Waals surface area (Å²) in [5.74, 6) is -1.99. The van der Waals surface area contributed by atoms with Crippen LogP contribution in [0.15, 0.2) is 54.6 Å². The second-order valence-corrected chi connectivity index (χ2v) is 5.96. The second kappa shape index (κ2) is 9.47. The van der Waals surface area contributed by atoms with E-state index in [1.807, 2.05) is 0 Å². The lowest BCUT2D eigenvalue weighted by atomic mass is 10.1. The molecule has 0 saturated heterocycles. The van der Waals surface area contributed by atoms with E-state index in [-0.39, 0.29) is 18.4 Å². The normalized spacial score (nSPS) is 12.6. The van der Waals surface area contributed by atoms with Crippen LogP contribution in [0.3, 0.4) is 0 Å². The van der Waals surface area contributed by atoms with Crippen LogP contribution in [0.5, 0.6) is 0 Å². The van der Waals surface area contributed by atoms with Crippen LogP contribution in [0.1, 0.15) is 35.8 Å². The molecule has 2 amide bonds. The molecule has 0 radical (unpaired) electrons. The van der Waals surface area contributed by atoms with Crippen molar-refractivity contribution in [2.75, 3.05) is 6.54 Å². The monoisotopic (exact) mass is 372 g/mol. The van der Waals surface area contributed by atoms with Crippen LogP contribution in [-0.4, -0.2) is 30.4 Å². The number of esters is 1. The summed E-state index contributed by atoms with van der Waals surface area (Å²) in [6, 6.07) is 13.8. The number of hydrogen-bond donors (Lipinski definition) is 2. The van der Waals surface area contributed by atoms with Gasteiger partial charge in [-0.05, 0) is 43.7 Å². The van der Waals surface area contributed by atoms with Crippen LogP contribution in [0.4, 0.5) is 4.39 Å². The van der Waals surface area contributed by atoms with Gasteiger partial charge in [0.15, 0.2) is 6.10 Å². The number of nitrogens with one attached hydrogen (secondary N) is 2.